The number of sulfonamides is 1. The summed E-state index contributed by atoms with van der Waals surface area (Å²) in [6, 6.07) is 6.33. The summed E-state index contributed by atoms with van der Waals surface area (Å²) in [5.74, 6) is 0. The standard InChI is InChI=1S/C21H31N5O4S/c1-16-5-7-18(8-6-16)31(28,29)26-14-17(23-24-22)13-21(15-26)9-11-25(12-10-21)19(27)30-20(2,3)4/h5-8,17H,9-15H2,1-4H3/t17-/m1/s1. The number of aryl methyl sites for hydroxylation is 1. The van der Waals surface area contributed by atoms with Crippen molar-refractivity contribution >= 4 is 16.1 Å². The van der Waals surface area contributed by atoms with Crippen LogP contribution in [0.25, 0.3) is 10.4 Å². The lowest BCUT2D eigenvalue weighted by atomic mass is 9.72. The molecule has 31 heavy (non-hydrogen) atoms. The summed E-state index contributed by atoms with van der Waals surface area (Å²) in [4.78, 5) is 17.3. The second-order valence-corrected chi connectivity index (χ2v) is 11.6. The fourth-order valence-corrected chi connectivity index (χ4v) is 5.94. The van der Waals surface area contributed by atoms with E-state index in [1.165, 1.54) is 4.31 Å². The van der Waals surface area contributed by atoms with Crippen LogP contribution in [-0.2, 0) is 14.8 Å². The Bertz CT molecular complexity index is 956. The van der Waals surface area contributed by atoms with Crippen molar-refractivity contribution in [3.05, 3.63) is 40.3 Å². The van der Waals surface area contributed by atoms with Gasteiger partial charge in [0, 0.05) is 31.1 Å². The number of nitrogens with zero attached hydrogens (tertiary/aromatic N) is 5. The van der Waals surface area contributed by atoms with Crippen molar-refractivity contribution in [3.8, 4) is 0 Å². The minimum atomic E-state index is -3.71. The highest BCUT2D eigenvalue weighted by molar-refractivity contribution is 7.89. The number of ether oxygens (including phenoxy) is 1. The van der Waals surface area contributed by atoms with Gasteiger partial charge in [0.05, 0.1) is 10.9 Å². The van der Waals surface area contributed by atoms with Crippen LogP contribution in [0.5, 0.6) is 0 Å². The van der Waals surface area contributed by atoms with Gasteiger partial charge in [-0.2, -0.15) is 4.31 Å². The van der Waals surface area contributed by atoms with Crippen LogP contribution in [0.1, 0.15) is 45.6 Å². The Morgan fingerprint density at radius 1 is 1.23 bits per heavy atom. The van der Waals surface area contributed by atoms with E-state index in [-0.39, 0.29) is 22.9 Å². The van der Waals surface area contributed by atoms with E-state index < -0.39 is 21.7 Å². The van der Waals surface area contributed by atoms with Gasteiger partial charge in [-0.15, -0.1) is 0 Å². The molecule has 1 amide bonds. The van der Waals surface area contributed by atoms with Gasteiger partial charge in [-0.05, 0) is 70.0 Å². The van der Waals surface area contributed by atoms with Gasteiger partial charge in [0.2, 0.25) is 10.0 Å². The molecule has 0 aliphatic carbocycles. The monoisotopic (exact) mass is 449 g/mol. The molecule has 10 heteroatoms. The molecule has 9 nitrogen and oxygen atoms in total. The van der Waals surface area contributed by atoms with Crippen LogP contribution in [0.2, 0.25) is 0 Å². The average Bonchev–Trinajstić information content (AvgIpc) is 2.67. The lowest BCUT2D eigenvalue weighted by Gasteiger charge is -2.48. The lowest BCUT2D eigenvalue weighted by molar-refractivity contribution is -0.000166. The van der Waals surface area contributed by atoms with E-state index in [1.807, 2.05) is 27.7 Å². The maximum atomic E-state index is 13.3. The van der Waals surface area contributed by atoms with E-state index in [0.29, 0.717) is 38.9 Å². The fraction of sp³-hybridized carbons (Fsp3) is 0.667. The van der Waals surface area contributed by atoms with Crippen LogP contribution >= 0.6 is 0 Å². The quantitative estimate of drug-likeness (QED) is 0.392. The highest BCUT2D eigenvalue weighted by atomic mass is 32.2. The van der Waals surface area contributed by atoms with Crippen molar-refractivity contribution < 1.29 is 17.9 Å². The second kappa shape index (κ2) is 8.68. The number of benzene rings is 1. The Morgan fingerprint density at radius 2 is 1.84 bits per heavy atom. The Morgan fingerprint density at radius 3 is 2.39 bits per heavy atom. The van der Waals surface area contributed by atoms with Crippen LogP contribution < -0.4 is 0 Å². The molecule has 0 radical (unpaired) electrons. The maximum absolute atomic E-state index is 13.3. The van der Waals surface area contributed by atoms with Crippen molar-refractivity contribution in [3.63, 3.8) is 0 Å². The van der Waals surface area contributed by atoms with E-state index in [4.69, 9.17) is 10.3 Å². The molecule has 0 aromatic heterocycles. The zero-order valence-corrected chi connectivity index (χ0v) is 19.4. The molecule has 2 aliphatic rings. The smallest absolute Gasteiger partial charge is 0.410 e. The molecule has 2 aliphatic heterocycles. The molecule has 2 heterocycles. The number of carbonyl (C=O) groups is 1. The highest BCUT2D eigenvalue weighted by Gasteiger charge is 2.46. The molecule has 1 spiro atoms. The number of hydrogen-bond donors (Lipinski definition) is 0. The molecule has 2 fully saturated rings. The minimum absolute atomic E-state index is 0.164. The van der Waals surface area contributed by atoms with Crippen molar-refractivity contribution in [2.24, 2.45) is 10.5 Å². The van der Waals surface area contributed by atoms with E-state index in [9.17, 15) is 13.2 Å². The first-order chi connectivity index (χ1) is 14.4. The Balaban J connectivity index is 1.79. The predicted octanol–water partition coefficient (Wildman–Crippen LogP) is 4.09. The molecule has 3 rings (SSSR count). The minimum Gasteiger partial charge on any atom is -0.444 e. The van der Waals surface area contributed by atoms with Crippen LogP contribution in [0.3, 0.4) is 0 Å². The van der Waals surface area contributed by atoms with Crippen LogP contribution in [0, 0.1) is 12.3 Å². The molecule has 1 aromatic rings. The Kier molecular flexibility index (Phi) is 6.55. The van der Waals surface area contributed by atoms with Crippen molar-refractivity contribution in [1.82, 2.24) is 9.21 Å². The van der Waals surface area contributed by atoms with Crippen molar-refractivity contribution in [2.75, 3.05) is 26.2 Å². The first-order valence-corrected chi connectivity index (χ1v) is 12.0. The third-order valence-electron chi connectivity index (χ3n) is 5.94. The summed E-state index contributed by atoms with van der Waals surface area (Å²) in [6.07, 6.45) is 1.51. The maximum Gasteiger partial charge on any atom is 0.410 e. The molecular weight excluding hydrogens is 418 g/mol. The number of azide groups is 1. The first-order valence-electron chi connectivity index (χ1n) is 10.5. The summed E-state index contributed by atoms with van der Waals surface area (Å²) in [5.41, 5.74) is 9.06. The molecule has 1 atom stereocenters. The van der Waals surface area contributed by atoms with Gasteiger partial charge in [0.1, 0.15) is 5.60 Å². The van der Waals surface area contributed by atoms with Crippen LogP contribution in [-0.4, -0.2) is 61.5 Å². The predicted molar refractivity (Wildman–Crippen MR) is 117 cm³/mol. The Labute approximate surface area is 184 Å². The number of piperidine rings is 2. The largest absolute Gasteiger partial charge is 0.444 e. The third-order valence-corrected chi connectivity index (χ3v) is 7.77. The van der Waals surface area contributed by atoms with Crippen LogP contribution in [0.15, 0.2) is 34.3 Å². The topological polar surface area (TPSA) is 116 Å². The van der Waals surface area contributed by atoms with E-state index in [2.05, 4.69) is 10.0 Å². The summed E-state index contributed by atoms with van der Waals surface area (Å²) in [6.45, 7) is 8.87. The summed E-state index contributed by atoms with van der Waals surface area (Å²) in [7, 11) is -3.71. The highest BCUT2D eigenvalue weighted by Crippen LogP contribution is 2.42. The Hall–Kier alpha value is -2.29. The number of likely N-dealkylation sites (tertiary alicyclic amines) is 1. The molecular formula is C21H31N5O4S. The van der Waals surface area contributed by atoms with Gasteiger partial charge in [-0.3, -0.25) is 0 Å². The molecule has 0 N–H and O–H groups in total. The van der Waals surface area contributed by atoms with Gasteiger partial charge in [0.25, 0.3) is 0 Å². The SMILES string of the molecule is Cc1ccc(S(=O)(=O)N2C[C@H](N=[N+]=[N-])CC3(CCN(C(=O)OC(C)(C)C)CC3)C2)cc1. The number of hydrogen-bond acceptors (Lipinski definition) is 5. The van der Waals surface area contributed by atoms with E-state index >= 15 is 0 Å². The zero-order chi connectivity index (χ0) is 22.9. The normalized spacial score (nSPS) is 22.1. The van der Waals surface area contributed by atoms with E-state index in [0.717, 1.165) is 5.56 Å². The molecule has 0 saturated carbocycles. The number of rotatable bonds is 3. The molecule has 0 unspecified atom stereocenters. The first kappa shape index (κ1) is 23.4. The van der Waals surface area contributed by atoms with Crippen molar-refractivity contribution in [2.45, 2.75) is 63.5 Å². The molecule has 0 bridgehead atoms. The average molecular weight is 450 g/mol. The molecule has 1 aromatic carbocycles. The van der Waals surface area contributed by atoms with Gasteiger partial charge < -0.3 is 9.64 Å². The summed E-state index contributed by atoms with van der Waals surface area (Å²) >= 11 is 0. The summed E-state index contributed by atoms with van der Waals surface area (Å²) < 4.78 is 33.5. The second-order valence-electron chi connectivity index (χ2n) is 9.64. The lowest BCUT2D eigenvalue weighted by Crippen LogP contribution is -2.55. The zero-order valence-electron chi connectivity index (χ0n) is 18.6. The van der Waals surface area contributed by atoms with Gasteiger partial charge >= 0.3 is 6.09 Å². The van der Waals surface area contributed by atoms with E-state index in [1.54, 1.807) is 29.2 Å². The molecule has 170 valence electrons. The fourth-order valence-electron chi connectivity index (χ4n) is 4.35. The van der Waals surface area contributed by atoms with Gasteiger partial charge in [-0.1, -0.05) is 22.8 Å². The number of carbonyl (C=O) groups excluding carboxylic acids is 1. The van der Waals surface area contributed by atoms with Gasteiger partial charge in [-0.25, -0.2) is 13.2 Å². The number of amides is 1. The van der Waals surface area contributed by atoms with Crippen molar-refractivity contribution in [1.29, 1.82) is 0 Å². The third kappa shape index (κ3) is 5.50. The summed E-state index contributed by atoms with van der Waals surface area (Å²) in [5, 5.41) is 3.88. The van der Waals surface area contributed by atoms with Crippen LogP contribution in [0.4, 0.5) is 4.79 Å². The van der Waals surface area contributed by atoms with Gasteiger partial charge in [0.15, 0.2) is 0 Å². The molecule has 2 saturated heterocycles.